The minimum absolute atomic E-state index is 0.0161. The van der Waals surface area contributed by atoms with Crippen LogP contribution in [0.5, 0.6) is 0 Å². The number of carbonyl (C=O) groups is 2. The minimum Gasteiger partial charge on any atom is -0.385 e. The van der Waals surface area contributed by atoms with Crippen molar-refractivity contribution in [3.8, 4) is 0 Å². The normalized spacial score (nSPS) is 23.9. The molecule has 0 saturated carbocycles. The van der Waals surface area contributed by atoms with Gasteiger partial charge in [-0.1, -0.05) is 20.8 Å². The Hall–Kier alpha value is -1.10. The Bertz CT molecular complexity index is 318. The van der Waals surface area contributed by atoms with Crippen LogP contribution in [-0.2, 0) is 14.3 Å². The number of methoxy groups -OCH3 is 1. The van der Waals surface area contributed by atoms with Crippen LogP contribution in [0.3, 0.4) is 0 Å². The molecule has 5 nitrogen and oxygen atoms in total. The lowest BCUT2D eigenvalue weighted by Crippen LogP contribution is -2.63. The van der Waals surface area contributed by atoms with Crippen LogP contribution < -0.4 is 5.32 Å². The molecule has 2 amide bonds. The van der Waals surface area contributed by atoms with Crippen molar-refractivity contribution in [2.45, 2.75) is 52.1 Å². The van der Waals surface area contributed by atoms with Gasteiger partial charge in [0.2, 0.25) is 11.8 Å². The first kappa shape index (κ1) is 16.0. The average Bonchev–Trinajstić information content (AvgIpc) is 2.36. The fourth-order valence-corrected chi connectivity index (χ4v) is 2.43. The zero-order valence-corrected chi connectivity index (χ0v) is 12.4. The molecule has 1 aliphatic heterocycles. The van der Waals surface area contributed by atoms with Crippen molar-refractivity contribution >= 4 is 11.8 Å². The first-order valence-corrected chi connectivity index (χ1v) is 7.11. The van der Waals surface area contributed by atoms with E-state index in [1.54, 1.807) is 12.0 Å². The van der Waals surface area contributed by atoms with Crippen LogP contribution in [0.25, 0.3) is 0 Å². The van der Waals surface area contributed by atoms with Gasteiger partial charge >= 0.3 is 0 Å². The Labute approximate surface area is 115 Å². The third-order valence-electron chi connectivity index (χ3n) is 3.43. The van der Waals surface area contributed by atoms with Gasteiger partial charge in [-0.25, -0.2) is 0 Å². The summed E-state index contributed by atoms with van der Waals surface area (Å²) >= 11 is 0. The van der Waals surface area contributed by atoms with Crippen molar-refractivity contribution in [2.24, 2.45) is 5.92 Å². The fraction of sp³-hybridized carbons (Fsp3) is 0.857. The topological polar surface area (TPSA) is 58.6 Å². The molecule has 5 heteroatoms. The summed E-state index contributed by atoms with van der Waals surface area (Å²) in [6.45, 7) is 7.25. The fourth-order valence-electron chi connectivity index (χ4n) is 2.43. The van der Waals surface area contributed by atoms with Gasteiger partial charge in [-0.2, -0.15) is 0 Å². The highest BCUT2D eigenvalue weighted by Gasteiger charge is 2.39. The van der Waals surface area contributed by atoms with Crippen LogP contribution in [0.15, 0.2) is 0 Å². The lowest BCUT2D eigenvalue weighted by Gasteiger charge is -2.39. The van der Waals surface area contributed by atoms with Gasteiger partial charge in [0.1, 0.15) is 12.1 Å². The summed E-state index contributed by atoms with van der Waals surface area (Å²) in [7, 11) is 1.64. The van der Waals surface area contributed by atoms with Crippen molar-refractivity contribution in [1.82, 2.24) is 10.2 Å². The second-order valence-corrected chi connectivity index (χ2v) is 5.49. The highest BCUT2D eigenvalue weighted by molar-refractivity contribution is 5.96. The third-order valence-corrected chi connectivity index (χ3v) is 3.43. The van der Waals surface area contributed by atoms with Gasteiger partial charge in [0, 0.05) is 20.3 Å². The summed E-state index contributed by atoms with van der Waals surface area (Å²) in [6.07, 6.45) is 2.11. The Morgan fingerprint density at radius 3 is 2.58 bits per heavy atom. The summed E-state index contributed by atoms with van der Waals surface area (Å²) in [5.74, 6) is 0.410. The molecule has 0 spiro atoms. The van der Waals surface area contributed by atoms with E-state index in [1.165, 1.54) is 0 Å². The second kappa shape index (κ2) is 7.48. The number of nitrogens with zero attached hydrogens (tertiary/aromatic N) is 1. The molecule has 0 aromatic heterocycles. The van der Waals surface area contributed by atoms with Gasteiger partial charge in [0.25, 0.3) is 0 Å². The highest BCUT2D eigenvalue weighted by Crippen LogP contribution is 2.19. The molecule has 1 aliphatic rings. The van der Waals surface area contributed by atoms with Crippen LogP contribution >= 0.6 is 0 Å². The van der Waals surface area contributed by atoms with E-state index < -0.39 is 0 Å². The van der Waals surface area contributed by atoms with E-state index in [0.717, 1.165) is 6.42 Å². The SMILES string of the molecule is CCC1NC(=O)C(CC(C)C)N(CCCOC)C1=O. The Morgan fingerprint density at radius 1 is 1.37 bits per heavy atom. The maximum atomic E-state index is 12.4. The molecule has 0 radical (unpaired) electrons. The van der Waals surface area contributed by atoms with Crippen LogP contribution in [0.1, 0.15) is 40.0 Å². The summed E-state index contributed by atoms with van der Waals surface area (Å²) in [5, 5.41) is 2.83. The molecule has 1 N–H and O–H groups in total. The second-order valence-electron chi connectivity index (χ2n) is 5.49. The molecule has 0 aromatic rings. The number of amides is 2. The first-order valence-electron chi connectivity index (χ1n) is 7.11. The van der Waals surface area contributed by atoms with Gasteiger partial charge in [-0.15, -0.1) is 0 Å². The molecule has 1 heterocycles. The molecular formula is C14H26N2O3. The Kier molecular flexibility index (Phi) is 6.28. The Balaban J connectivity index is 2.78. The van der Waals surface area contributed by atoms with Gasteiger partial charge in [-0.05, 0) is 25.2 Å². The molecule has 0 bridgehead atoms. The predicted octanol–water partition coefficient (Wildman–Crippen LogP) is 1.17. The largest absolute Gasteiger partial charge is 0.385 e. The summed E-state index contributed by atoms with van der Waals surface area (Å²) < 4.78 is 5.03. The number of ether oxygens (including phenoxy) is 1. The average molecular weight is 270 g/mol. The molecule has 1 rings (SSSR count). The minimum atomic E-state index is -0.363. The molecule has 2 unspecified atom stereocenters. The van der Waals surface area contributed by atoms with E-state index in [9.17, 15) is 9.59 Å². The maximum Gasteiger partial charge on any atom is 0.245 e. The van der Waals surface area contributed by atoms with Crippen LogP contribution in [0.2, 0.25) is 0 Å². The molecule has 1 fully saturated rings. The lowest BCUT2D eigenvalue weighted by atomic mass is 9.97. The molecule has 0 aromatic carbocycles. The number of piperazine rings is 1. The van der Waals surface area contributed by atoms with Crippen molar-refractivity contribution in [1.29, 1.82) is 0 Å². The van der Waals surface area contributed by atoms with E-state index in [0.29, 0.717) is 31.9 Å². The van der Waals surface area contributed by atoms with Crippen molar-refractivity contribution in [3.63, 3.8) is 0 Å². The zero-order valence-electron chi connectivity index (χ0n) is 12.4. The van der Waals surface area contributed by atoms with E-state index in [1.807, 2.05) is 6.92 Å². The predicted molar refractivity (Wildman–Crippen MR) is 73.7 cm³/mol. The number of hydrogen-bond donors (Lipinski definition) is 1. The first-order chi connectivity index (χ1) is 9.01. The number of rotatable bonds is 7. The van der Waals surface area contributed by atoms with Crippen LogP contribution in [0, 0.1) is 5.92 Å². The molecular weight excluding hydrogens is 244 g/mol. The van der Waals surface area contributed by atoms with Gasteiger partial charge in [0.05, 0.1) is 0 Å². The van der Waals surface area contributed by atoms with Gasteiger partial charge in [-0.3, -0.25) is 9.59 Å². The quantitative estimate of drug-likeness (QED) is 0.707. The third kappa shape index (κ3) is 4.20. The lowest BCUT2D eigenvalue weighted by molar-refractivity contribution is -0.150. The smallest absolute Gasteiger partial charge is 0.245 e. The zero-order chi connectivity index (χ0) is 14.4. The van der Waals surface area contributed by atoms with E-state index >= 15 is 0 Å². The van der Waals surface area contributed by atoms with Crippen molar-refractivity contribution < 1.29 is 14.3 Å². The molecule has 19 heavy (non-hydrogen) atoms. The maximum absolute atomic E-state index is 12.4. The van der Waals surface area contributed by atoms with Crippen LogP contribution in [-0.4, -0.2) is 49.1 Å². The molecule has 0 aliphatic carbocycles. The highest BCUT2D eigenvalue weighted by atomic mass is 16.5. The van der Waals surface area contributed by atoms with E-state index in [4.69, 9.17) is 4.74 Å². The summed E-state index contributed by atoms with van der Waals surface area (Å²) in [4.78, 5) is 26.3. The van der Waals surface area contributed by atoms with Crippen molar-refractivity contribution in [3.05, 3.63) is 0 Å². The van der Waals surface area contributed by atoms with Gasteiger partial charge in [0.15, 0.2) is 0 Å². The van der Waals surface area contributed by atoms with Crippen LogP contribution in [0.4, 0.5) is 0 Å². The van der Waals surface area contributed by atoms with Crippen molar-refractivity contribution in [2.75, 3.05) is 20.3 Å². The van der Waals surface area contributed by atoms with Gasteiger partial charge < -0.3 is 15.0 Å². The Morgan fingerprint density at radius 2 is 2.05 bits per heavy atom. The molecule has 1 saturated heterocycles. The van der Waals surface area contributed by atoms with E-state index in [-0.39, 0.29) is 23.9 Å². The number of carbonyl (C=O) groups excluding carboxylic acids is 2. The summed E-state index contributed by atoms with van der Waals surface area (Å²) in [6, 6.07) is -0.689. The summed E-state index contributed by atoms with van der Waals surface area (Å²) in [5.41, 5.74) is 0. The number of hydrogen-bond acceptors (Lipinski definition) is 3. The monoisotopic (exact) mass is 270 g/mol. The molecule has 110 valence electrons. The standard InChI is InChI=1S/C14H26N2O3/c1-5-11-14(18)16(7-6-8-19-4)12(9-10(2)3)13(17)15-11/h10-12H,5-9H2,1-4H3,(H,15,17). The van der Waals surface area contributed by atoms with E-state index in [2.05, 4.69) is 19.2 Å². The molecule has 2 atom stereocenters. The number of nitrogens with one attached hydrogen (secondary N) is 1.